The standard InChI is InChI=1S/C19H23N2OS.BF4/c1-14-11-16(12-15(2)21(14)9-10-22-4)13-19-20(3)17-7-5-6-8-18(17)23-19;2-1(3,4)5/h5-8,11-13H,9-10H2,1-4H3;/q+1;-1. The monoisotopic (exact) mass is 414 g/mol. The minimum Gasteiger partial charge on any atom is -0.418 e. The molecule has 0 atom stereocenters. The van der Waals surface area contributed by atoms with Gasteiger partial charge in [-0.15, -0.1) is 0 Å². The largest absolute Gasteiger partial charge is 0.673 e. The number of halogens is 4. The third-order valence-corrected chi connectivity index (χ3v) is 5.35. The Morgan fingerprint density at radius 2 is 1.68 bits per heavy atom. The third kappa shape index (κ3) is 6.27. The minimum absolute atomic E-state index is 0.737. The second-order valence-corrected chi connectivity index (χ2v) is 7.38. The van der Waals surface area contributed by atoms with Gasteiger partial charge in [-0.2, -0.15) is 4.57 Å². The van der Waals surface area contributed by atoms with Crippen molar-refractivity contribution in [3.05, 3.63) is 58.4 Å². The molecule has 0 radical (unpaired) electrons. The Hall–Kier alpha value is -2.00. The van der Waals surface area contributed by atoms with Gasteiger partial charge in [0.2, 0.25) is 0 Å². The van der Waals surface area contributed by atoms with Crippen molar-refractivity contribution in [1.82, 2.24) is 0 Å². The molecule has 0 saturated heterocycles. The molecule has 0 spiro atoms. The Morgan fingerprint density at radius 1 is 1.11 bits per heavy atom. The number of ether oxygens (including phenoxy) is 1. The zero-order chi connectivity index (χ0) is 20.9. The van der Waals surface area contributed by atoms with Gasteiger partial charge in [0.1, 0.15) is 6.61 Å². The molecule has 0 aliphatic carbocycles. The Labute approximate surface area is 167 Å². The maximum Gasteiger partial charge on any atom is 0.673 e. The summed E-state index contributed by atoms with van der Waals surface area (Å²) in [6, 6.07) is 13.0. The van der Waals surface area contributed by atoms with Gasteiger partial charge in [-0.3, -0.25) is 0 Å². The molecule has 1 aromatic heterocycles. The van der Waals surface area contributed by atoms with E-state index in [0.29, 0.717) is 0 Å². The smallest absolute Gasteiger partial charge is 0.418 e. The van der Waals surface area contributed by atoms with Crippen LogP contribution in [-0.4, -0.2) is 28.0 Å². The molecule has 9 heteroatoms. The van der Waals surface area contributed by atoms with Gasteiger partial charge >= 0.3 is 7.25 Å². The van der Waals surface area contributed by atoms with E-state index in [0.717, 1.165) is 13.2 Å². The zero-order valence-electron chi connectivity index (χ0n) is 16.3. The number of methoxy groups -OCH3 is 1. The highest BCUT2D eigenvalue weighted by Gasteiger charge is 2.22. The van der Waals surface area contributed by atoms with E-state index in [9.17, 15) is 17.3 Å². The van der Waals surface area contributed by atoms with Crippen molar-refractivity contribution >= 4 is 30.8 Å². The summed E-state index contributed by atoms with van der Waals surface area (Å²) in [7, 11) is -2.12. The molecule has 3 nitrogen and oxygen atoms in total. The summed E-state index contributed by atoms with van der Waals surface area (Å²) in [6.07, 6.45) is 2.27. The predicted molar refractivity (Wildman–Crippen MR) is 107 cm³/mol. The molecular formula is C19H23BF4N2OS. The molecule has 0 amide bonds. The van der Waals surface area contributed by atoms with E-state index in [1.807, 2.05) is 11.8 Å². The minimum atomic E-state index is -6.00. The summed E-state index contributed by atoms with van der Waals surface area (Å²) in [5, 5.41) is 1.26. The van der Waals surface area contributed by atoms with E-state index in [4.69, 9.17) is 4.74 Å². The number of anilines is 1. The summed E-state index contributed by atoms with van der Waals surface area (Å²) < 4.78 is 46.5. The number of aryl methyl sites for hydroxylation is 2. The number of aromatic nitrogens is 1. The zero-order valence-corrected chi connectivity index (χ0v) is 17.1. The van der Waals surface area contributed by atoms with Crippen LogP contribution in [0.5, 0.6) is 0 Å². The van der Waals surface area contributed by atoms with E-state index >= 15 is 0 Å². The van der Waals surface area contributed by atoms with Gasteiger partial charge in [-0.05, 0) is 23.8 Å². The fourth-order valence-corrected chi connectivity index (χ4v) is 4.08. The Kier molecular flexibility index (Phi) is 7.54. The van der Waals surface area contributed by atoms with Gasteiger partial charge < -0.3 is 26.9 Å². The molecule has 1 aliphatic heterocycles. The first-order valence-corrected chi connectivity index (χ1v) is 9.51. The van der Waals surface area contributed by atoms with E-state index in [1.54, 1.807) is 7.11 Å². The molecule has 1 aliphatic rings. The number of para-hydroxylation sites is 1. The Bertz CT molecular complexity index is 829. The molecule has 0 saturated carbocycles. The number of thioether (sulfide) groups is 1. The summed E-state index contributed by atoms with van der Waals surface area (Å²) in [5.74, 6) is 0. The number of rotatable bonds is 4. The first-order chi connectivity index (χ1) is 13.1. The lowest BCUT2D eigenvalue weighted by molar-refractivity contribution is -0.709. The van der Waals surface area contributed by atoms with Crippen LogP contribution in [0.4, 0.5) is 23.0 Å². The molecule has 1 aromatic carbocycles. The molecule has 152 valence electrons. The average molecular weight is 414 g/mol. The van der Waals surface area contributed by atoms with Crippen molar-refractivity contribution in [2.45, 2.75) is 25.3 Å². The topological polar surface area (TPSA) is 16.4 Å². The fourth-order valence-electron chi connectivity index (χ4n) is 2.97. The second kappa shape index (κ2) is 9.47. The average Bonchev–Trinajstić information content (AvgIpc) is 2.89. The van der Waals surface area contributed by atoms with Crippen molar-refractivity contribution in [2.75, 3.05) is 25.7 Å². The van der Waals surface area contributed by atoms with Gasteiger partial charge in [-0.25, -0.2) is 0 Å². The van der Waals surface area contributed by atoms with Crippen LogP contribution in [0, 0.1) is 13.8 Å². The lowest BCUT2D eigenvalue weighted by atomic mass is 10.1. The molecule has 0 bridgehead atoms. The number of fused-ring (bicyclic) bond motifs is 1. The van der Waals surface area contributed by atoms with Crippen LogP contribution in [0.3, 0.4) is 0 Å². The van der Waals surface area contributed by atoms with Crippen molar-refractivity contribution in [1.29, 1.82) is 0 Å². The van der Waals surface area contributed by atoms with Crippen LogP contribution < -0.4 is 9.47 Å². The van der Waals surface area contributed by atoms with Crippen LogP contribution in [0.2, 0.25) is 0 Å². The first-order valence-electron chi connectivity index (χ1n) is 8.70. The SMILES string of the molecule is COCC[n+]1c(C)cc(C=C2Sc3ccccc3N2C)cc1C.F[B-](F)(F)F. The van der Waals surface area contributed by atoms with Crippen LogP contribution in [0.15, 0.2) is 46.3 Å². The van der Waals surface area contributed by atoms with E-state index < -0.39 is 7.25 Å². The highest BCUT2D eigenvalue weighted by atomic mass is 32.2. The fraction of sp³-hybridized carbons (Fsp3) is 0.316. The quantitative estimate of drug-likeness (QED) is 0.395. The van der Waals surface area contributed by atoms with E-state index in [-0.39, 0.29) is 0 Å². The van der Waals surface area contributed by atoms with Crippen LogP contribution >= 0.6 is 11.8 Å². The van der Waals surface area contributed by atoms with Crippen LogP contribution in [0.1, 0.15) is 17.0 Å². The predicted octanol–water partition coefficient (Wildman–Crippen LogP) is 5.08. The van der Waals surface area contributed by atoms with Gasteiger partial charge in [0, 0.05) is 45.0 Å². The summed E-state index contributed by atoms with van der Waals surface area (Å²) in [6.45, 7) is 5.95. The van der Waals surface area contributed by atoms with Gasteiger partial charge in [-0.1, -0.05) is 23.9 Å². The Balaban J connectivity index is 0.000000500. The van der Waals surface area contributed by atoms with E-state index in [2.05, 4.69) is 72.8 Å². The number of nitrogens with zero attached hydrogens (tertiary/aromatic N) is 2. The number of benzene rings is 1. The summed E-state index contributed by atoms with van der Waals surface area (Å²) in [4.78, 5) is 3.58. The highest BCUT2D eigenvalue weighted by Crippen LogP contribution is 2.45. The first kappa shape index (κ1) is 22.3. The van der Waals surface area contributed by atoms with Crippen molar-refractivity contribution < 1.29 is 26.6 Å². The van der Waals surface area contributed by atoms with Crippen LogP contribution in [0.25, 0.3) is 6.08 Å². The van der Waals surface area contributed by atoms with Crippen LogP contribution in [-0.2, 0) is 11.3 Å². The van der Waals surface area contributed by atoms with E-state index in [1.165, 1.54) is 32.6 Å². The summed E-state index contributed by atoms with van der Waals surface area (Å²) >= 11 is 1.83. The highest BCUT2D eigenvalue weighted by molar-refractivity contribution is 8.03. The molecule has 2 heterocycles. The van der Waals surface area contributed by atoms with Crippen molar-refractivity contribution in [3.8, 4) is 0 Å². The molecule has 3 rings (SSSR count). The molecule has 28 heavy (non-hydrogen) atoms. The molecule has 0 N–H and O–H groups in total. The maximum atomic E-state index is 9.75. The Morgan fingerprint density at radius 3 is 2.21 bits per heavy atom. The molecule has 0 unspecified atom stereocenters. The third-order valence-electron chi connectivity index (χ3n) is 4.18. The van der Waals surface area contributed by atoms with Gasteiger partial charge in [0.25, 0.3) is 0 Å². The van der Waals surface area contributed by atoms with Crippen molar-refractivity contribution in [3.63, 3.8) is 0 Å². The van der Waals surface area contributed by atoms with Crippen molar-refractivity contribution in [2.24, 2.45) is 0 Å². The normalized spacial score (nSPS) is 14.7. The number of hydrogen-bond acceptors (Lipinski definition) is 3. The van der Waals surface area contributed by atoms with Gasteiger partial charge in [0.15, 0.2) is 17.9 Å². The number of pyridine rings is 1. The van der Waals surface area contributed by atoms with Gasteiger partial charge in [0.05, 0.1) is 10.7 Å². The molecule has 0 fully saturated rings. The molecular weight excluding hydrogens is 391 g/mol. The summed E-state index contributed by atoms with van der Waals surface area (Å²) in [5.41, 5.74) is 5.05. The lowest BCUT2D eigenvalue weighted by Gasteiger charge is -2.13. The lowest BCUT2D eigenvalue weighted by Crippen LogP contribution is -2.42. The molecule has 2 aromatic rings. The number of hydrogen-bond donors (Lipinski definition) is 0. The second-order valence-electron chi connectivity index (χ2n) is 6.32. The maximum absolute atomic E-state index is 9.75.